The Morgan fingerprint density at radius 1 is 1.33 bits per heavy atom. The van der Waals surface area contributed by atoms with Crippen molar-refractivity contribution in [3.63, 3.8) is 0 Å². The molecule has 0 aliphatic heterocycles. The van der Waals surface area contributed by atoms with E-state index in [0.717, 1.165) is 21.4 Å². The van der Waals surface area contributed by atoms with Crippen LogP contribution in [0.5, 0.6) is 0 Å². The van der Waals surface area contributed by atoms with Crippen LogP contribution in [-0.2, 0) is 4.79 Å². The van der Waals surface area contributed by atoms with Crippen molar-refractivity contribution in [1.29, 1.82) is 0 Å². The fraction of sp³-hybridized carbons (Fsp3) is 0.316. The van der Waals surface area contributed by atoms with Crippen LogP contribution in [0.25, 0.3) is 11.0 Å². The molecular formula is C19H21BrN4O2S. The third-order valence-electron chi connectivity index (χ3n) is 4.08. The number of nitrogens with one attached hydrogen (secondary N) is 2. The van der Waals surface area contributed by atoms with Gasteiger partial charge < -0.3 is 10.3 Å². The summed E-state index contributed by atoms with van der Waals surface area (Å²) in [4.78, 5) is 32.8. The van der Waals surface area contributed by atoms with E-state index in [9.17, 15) is 9.59 Å². The van der Waals surface area contributed by atoms with Crippen LogP contribution in [0.3, 0.4) is 0 Å². The van der Waals surface area contributed by atoms with E-state index in [1.54, 1.807) is 4.57 Å². The molecule has 1 amide bonds. The van der Waals surface area contributed by atoms with Gasteiger partial charge in [0.25, 0.3) is 5.56 Å². The summed E-state index contributed by atoms with van der Waals surface area (Å²) in [7, 11) is 0. The van der Waals surface area contributed by atoms with Crippen LogP contribution in [0, 0.1) is 13.8 Å². The van der Waals surface area contributed by atoms with E-state index >= 15 is 0 Å². The highest BCUT2D eigenvalue weighted by Gasteiger charge is 2.16. The zero-order valence-corrected chi connectivity index (χ0v) is 18.0. The Morgan fingerprint density at radius 2 is 2.07 bits per heavy atom. The summed E-state index contributed by atoms with van der Waals surface area (Å²) >= 11 is 4.71. The minimum absolute atomic E-state index is 0.0577. The van der Waals surface area contributed by atoms with E-state index in [1.165, 1.54) is 11.8 Å². The van der Waals surface area contributed by atoms with Crippen molar-refractivity contribution >= 4 is 50.3 Å². The molecule has 0 fully saturated rings. The van der Waals surface area contributed by atoms with Crippen LogP contribution >= 0.6 is 27.7 Å². The third kappa shape index (κ3) is 4.27. The van der Waals surface area contributed by atoms with Gasteiger partial charge in [0.05, 0.1) is 11.3 Å². The topological polar surface area (TPSA) is 79.8 Å². The number of amides is 1. The lowest BCUT2D eigenvalue weighted by atomic mass is 10.2. The number of fused-ring (bicyclic) bond motifs is 1. The number of rotatable bonds is 5. The number of aryl methyl sites for hydroxylation is 2. The molecule has 2 heterocycles. The van der Waals surface area contributed by atoms with Gasteiger partial charge in [0, 0.05) is 21.9 Å². The molecule has 27 heavy (non-hydrogen) atoms. The molecule has 6 nitrogen and oxygen atoms in total. The van der Waals surface area contributed by atoms with Crippen LogP contribution in [0.15, 0.2) is 38.7 Å². The number of aromatic nitrogens is 3. The molecule has 1 aromatic carbocycles. The molecule has 0 aliphatic rings. The lowest BCUT2D eigenvalue weighted by Gasteiger charge is -2.15. The standard InChI is InChI=1S/C19H21BrN4O2S/c1-10(2)24-18(26)17-15(8-12(4)21-17)23-19(24)27-9-16(25)22-13-5-6-14(20)11(3)7-13/h5-8,10,21H,9H2,1-4H3,(H,22,25). The summed E-state index contributed by atoms with van der Waals surface area (Å²) in [6.07, 6.45) is 0. The molecule has 2 N–H and O–H groups in total. The minimum Gasteiger partial charge on any atom is -0.353 e. The molecule has 3 rings (SSSR count). The van der Waals surface area contributed by atoms with Gasteiger partial charge in [-0.1, -0.05) is 27.7 Å². The van der Waals surface area contributed by atoms with Gasteiger partial charge in [-0.2, -0.15) is 0 Å². The van der Waals surface area contributed by atoms with Crippen LogP contribution in [0.2, 0.25) is 0 Å². The summed E-state index contributed by atoms with van der Waals surface area (Å²) in [5.41, 5.74) is 3.68. The van der Waals surface area contributed by atoms with E-state index in [0.29, 0.717) is 16.2 Å². The molecule has 0 saturated heterocycles. The summed E-state index contributed by atoms with van der Waals surface area (Å²) < 4.78 is 2.62. The zero-order valence-electron chi connectivity index (χ0n) is 15.6. The number of H-pyrrole nitrogens is 1. The molecule has 0 unspecified atom stereocenters. The molecule has 3 aromatic rings. The first-order valence-corrected chi connectivity index (χ1v) is 10.3. The number of thioether (sulfide) groups is 1. The van der Waals surface area contributed by atoms with Crippen molar-refractivity contribution in [2.45, 2.75) is 38.9 Å². The van der Waals surface area contributed by atoms with Crippen LogP contribution < -0.4 is 10.9 Å². The molecule has 2 aromatic heterocycles. The second-order valence-corrected chi connectivity index (χ2v) is 8.47. The molecule has 0 aliphatic carbocycles. The average Bonchev–Trinajstić information content (AvgIpc) is 2.97. The summed E-state index contributed by atoms with van der Waals surface area (Å²) in [5.74, 6) is 0.0278. The number of carbonyl (C=O) groups excluding carboxylic acids is 1. The van der Waals surface area contributed by atoms with Crippen LogP contribution in [0.1, 0.15) is 31.1 Å². The van der Waals surface area contributed by atoms with E-state index < -0.39 is 0 Å². The fourth-order valence-electron chi connectivity index (χ4n) is 2.80. The highest BCUT2D eigenvalue weighted by molar-refractivity contribution is 9.10. The number of benzene rings is 1. The van der Waals surface area contributed by atoms with Crippen molar-refractivity contribution in [3.8, 4) is 0 Å². The largest absolute Gasteiger partial charge is 0.353 e. The molecule has 8 heteroatoms. The maximum Gasteiger partial charge on any atom is 0.278 e. The Balaban J connectivity index is 1.81. The van der Waals surface area contributed by atoms with Gasteiger partial charge in [0.2, 0.25) is 5.91 Å². The molecule has 0 spiro atoms. The molecule has 0 saturated carbocycles. The first-order valence-electron chi connectivity index (χ1n) is 8.57. The molecule has 0 radical (unpaired) electrons. The van der Waals surface area contributed by atoms with Gasteiger partial charge in [-0.05, 0) is 57.5 Å². The smallest absolute Gasteiger partial charge is 0.278 e. The lowest BCUT2D eigenvalue weighted by molar-refractivity contribution is -0.113. The number of halogens is 1. The van der Waals surface area contributed by atoms with E-state index in [-0.39, 0.29) is 23.3 Å². The van der Waals surface area contributed by atoms with Gasteiger partial charge in [-0.15, -0.1) is 0 Å². The monoisotopic (exact) mass is 448 g/mol. The van der Waals surface area contributed by atoms with Crippen molar-refractivity contribution in [2.75, 3.05) is 11.1 Å². The van der Waals surface area contributed by atoms with Crippen molar-refractivity contribution in [1.82, 2.24) is 14.5 Å². The number of hydrogen-bond donors (Lipinski definition) is 2. The highest BCUT2D eigenvalue weighted by atomic mass is 79.9. The highest BCUT2D eigenvalue weighted by Crippen LogP contribution is 2.23. The predicted molar refractivity (Wildman–Crippen MR) is 114 cm³/mol. The average molecular weight is 449 g/mol. The van der Waals surface area contributed by atoms with Gasteiger partial charge >= 0.3 is 0 Å². The van der Waals surface area contributed by atoms with Crippen LogP contribution in [0.4, 0.5) is 5.69 Å². The fourth-order valence-corrected chi connectivity index (χ4v) is 3.97. The van der Waals surface area contributed by atoms with Crippen molar-refractivity contribution < 1.29 is 4.79 Å². The molecule has 142 valence electrons. The first-order chi connectivity index (χ1) is 12.8. The maximum absolute atomic E-state index is 12.8. The normalized spacial score (nSPS) is 11.3. The van der Waals surface area contributed by atoms with Gasteiger partial charge in [-0.25, -0.2) is 4.98 Å². The quantitative estimate of drug-likeness (QED) is 0.447. The van der Waals surface area contributed by atoms with Gasteiger partial charge in [0.15, 0.2) is 5.16 Å². The maximum atomic E-state index is 12.8. The van der Waals surface area contributed by atoms with E-state index in [4.69, 9.17) is 0 Å². The zero-order chi connectivity index (χ0) is 19.7. The Bertz CT molecular complexity index is 1070. The Hall–Kier alpha value is -2.06. The molecule has 0 atom stereocenters. The number of carbonyl (C=O) groups is 1. The molecule has 0 bridgehead atoms. The first kappa shape index (κ1) is 19.7. The van der Waals surface area contributed by atoms with Gasteiger partial charge in [-0.3, -0.25) is 14.2 Å². The van der Waals surface area contributed by atoms with Crippen molar-refractivity contribution in [2.24, 2.45) is 0 Å². The van der Waals surface area contributed by atoms with Crippen molar-refractivity contribution in [3.05, 3.63) is 50.3 Å². The Kier molecular flexibility index (Phi) is 5.76. The second-order valence-electron chi connectivity index (χ2n) is 6.68. The lowest BCUT2D eigenvalue weighted by Crippen LogP contribution is -2.25. The van der Waals surface area contributed by atoms with E-state index in [2.05, 4.69) is 31.2 Å². The third-order valence-corrected chi connectivity index (χ3v) is 5.92. The minimum atomic E-state index is -0.142. The number of nitrogens with zero attached hydrogens (tertiary/aromatic N) is 2. The number of aromatic amines is 1. The SMILES string of the molecule is Cc1cc2nc(SCC(=O)Nc3ccc(Br)c(C)c3)n(C(C)C)c(=O)c2[nH]1. The Labute approximate surface area is 169 Å². The predicted octanol–water partition coefficient (Wildman–Crippen LogP) is 4.42. The van der Waals surface area contributed by atoms with Gasteiger partial charge in [0.1, 0.15) is 5.52 Å². The summed E-state index contributed by atoms with van der Waals surface area (Å²) in [5, 5.41) is 3.43. The second kappa shape index (κ2) is 7.90. The van der Waals surface area contributed by atoms with E-state index in [1.807, 2.05) is 52.0 Å². The molecular weight excluding hydrogens is 428 g/mol. The number of hydrogen-bond acceptors (Lipinski definition) is 4. The van der Waals surface area contributed by atoms with Crippen LogP contribution in [-0.4, -0.2) is 26.2 Å². The number of anilines is 1. The summed E-state index contributed by atoms with van der Waals surface area (Å²) in [6.45, 7) is 7.72. The summed E-state index contributed by atoms with van der Waals surface area (Å²) in [6, 6.07) is 7.44. The Morgan fingerprint density at radius 3 is 2.74 bits per heavy atom.